The van der Waals surface area contributed by atoms with Crippen molar-refractivity contribution in [3.05, 3.63) is 29.8 Å². The van der Waals surface area contributed by atoms with E-state index in [-0.39, 0.29) is 6.04 Å². The van der Waals surface area contributed by atoms with Gasteiger partial charge in [-0.25, -0.2) is 13.1 Å². The molecule has 1 unspecified atom stereocenters. The Balaban J connectivity index is 2.82. The Bertz CT molecular complexity index is 529. The second kappa shape index (κ2) is 8.48. The second-order valence-corrected chi connectivity index (χ2v) is 7.18. The topological polar surface area (TPSA) is 61.4 Å². The summed E-state index contributed by atoms with van der Waals surface area (Å²) in [6, 6.07) is 7.28. The SMILES string of the molecule is CCCNCc1ccccc1S(=O)(=O)NCC(C)N(C)C. The van der Waals surface area contributed by atoms with Crippen molar-refractivity contribution in [2.24, 2.45) is 0 Å². The van der Waals surface area contributed by atoms with E-state index in [1.165, 1.54) is 0 Å². The van der Waals surface area contributed by atoms with E-state index < -0.39 is 10.0 Å². The van der Waals surface area contributed by atoms with Crippen LogP contribution in [0.3, 0.4) is 0 Å². The first-order valence-corrected chi connectivity index (χ1v) is 8.81. The lowest BCUT2D eigenvalue weighted by Crippen LogP contribution is -2.38. The van der Waals surface area contributed by atoms with Crippen LogP contribution in [0.5, 0.6) is 0 Å². The molecule has 1 rings (SSSR count). The van der Waals surface area contributed by atoms with Crippen LogP contribution in [0.4, 0.5) is 0 Å². The van der Waals surface area contributed by atoms with Gasteiger partial charge in [-0.15, -0.1) is 0 Å². The van der Waals surface area contributed by atoms with E-state index in [0.29, 0.717) is 18.0 Å². The van der Waals surface area contributed by atoms with Gasteiger partial charge in [0.05, 0.1) is 4.90 Å². The summed E-state index contributed by atoms with van der Waals surface area (Å²) in [5, 5.41) is 3.25. The van der Waals surface area contributed by atoms with Gasteiger partial charge in [0.1, 0.15) is 0 Å². The molecule has 0 aliphatic rings. The molecule has 0 saturated carbocycles. The number of hydrogen-bond acceptors (Lipinski definition) is 4. The largest absolute Gasteiger partial charge is 0.313 e. The van der Waals surface area contributed by atoms with Crippen molar-refractivity contribution in [1.82, 2.24) is 14.9 Å². The van der Waals surface area contributed by atoms with Crippen molar-refractivity contribution in [2.45, 2.75) is 37.8 Å². The van der Waals surface area contributed by atoms with Gasteiger partial charge >= 0.3 is 0 Å². The number of nitrogens with zero attached hydrogens (tertiary/aromatic N) is 1. The smallest absolute Gasteiger partial charge is 0.240 e. The Kier molecular flexibility index (Phi) is 7.31. The van der Waals surface area contributed by atoms with Gasteiger partial charge in [-0.2, -0.15) is 0 Å². The minimum atomic E-state index is -3.47. The van der Waals surface area contributed by atoms with Gasteiger partial charge in [0, 0.05) is 19.1 Å². The fourth-order valence-corrected chi connectivity index (χ4v) is 3.16. The van der Waals surface area contributed by atoms with Crippen molar-refractivity contribution in [3.63, 3.8) is 0 Å². The van der Waals surface area contributed by atoms with E-state index in [2.05, 4.69) is 17.0 Å². The van der Waals surface area contributed by atoms with Crippen molar-refractivity contribution in [1.29, 1.82) is 0 Å². The molecule has 1 aromatic carbocycles. The monoisotopic (exact) mass is 313 g/mol. The van der Waals surface area contributed by atoms with Gasteiger partial charge in [-0.3, -0.25) is 0 Å². The molecule has 120 valence electrons. The summed E-state index contributed by atoms with van der Waals surface area (Å²) in [4.78, 5) is 2.34. The van der Waals surface area contributed by atoms with Gasteiger partial charge < -0.3 is 10.2 Å². The van der Waals surface area contributed by atoms with Crippen LogP contribution in [0.2, 0.25) is 0 Å². The van der Waals surface area contributed by atoms with Crippen LogP contribution in [0.1, 0.15) is 25.8 Å². The standard InChI is InChI=1S/C15H27N3O2S/c1-5-10-16-12-14-8-6-7-9-15(14)21(19,20)17-11-13(2)18(3)4/h6-9,13,16-17H,5,10-12H2,1-4H3. The molecular formula is C15H27N3O2S. The quantitative estimate of drug-likeness (QED) is 0.677. The molecule has 6 heteroatoms. The minimum Gasteiger partial charge on any atom is -0.313 e. The van der Waals surface area contributed by atoms with Crippen LogP contribution in [-0.2, 0) is 16.6 Å². The average molecular weight is 313 g/mol. The summed E-state index contributed by atoms with van der Waals surface area (Å²) in [5.74, 6) is 0. The van der Waals surface area contributed by atoms with Crippen LogP contribution < -0.4 is 10.0 Å². The average Bonchev–Trinajstić information content (AvgIpc) is 2.45. The van der Waals surface area contributed by atoms with Crippen LogP contribution in [0.25, 0.3) is 0 Å². The number of sulfonamides is 1. The third-order valence-corrected chi connectivity index (χ3v) is 4.98. The maximum atomic E-state index is 12.5. The molecule has 1 aromatic rings. The predicted octanol–water partition coefficient (Wildman–Crippen LogP) is 1.41. The highest BCUT2D eigenvalue weighted by Crippen LogP contribution is 2.15. The lowest BCUT2D eigenvalue weighted by molar-refractivity contribution is 0.314. The summed E-state index contributed by atoms with van der Waals surface area (Å²) in [6.45, 7) is 5.90. The van der Waals surface area contributed by atoms with Crippen molar-refractivity contribution in [2.75, 3.05) is 27.2 Å². The third-order valence-electron chi connectivity index (χ3n) is 3.45. The first kappa shape index (κ1) is 18.1. The van der Waals surface area contributed by atoms with Crippen molar-refractivity contribution >= 4 is 10.0 Å². The van der Waals surface area contributed by atoms with Gasteiger partial charge in [0.15, 0.2) is 0 Å². The van der Waals surface area contributed by atoms with E-state index in [0.717, 1.165) is 18.5 Å². The third kappa shape index (κ3) is 5.74. The number of nitrogens with one attached hydrogen (secondary N) is 2. The molecule has 0 aliphatic heterocycles. The zero-order valence-corrected chi connectivity index (χ0v) is 14.2. The van der Waals surface area contributed by atoms with Crippen LogP contribution in [0.15, 0.2) is 29.2 Å². The van der Waals surface area contributed by atoms with Crippen molar-refractivity contribution < 1.29 is 8.42 Å². The molecule has 0 amide bonds. The van der Waals surface area contributed by atoms with Gasteiger partial charge in [-0.1, -0.05) is 25.1 Å². The molecule has 0 radical (unpaired) electrons. The first-order chi connectivity index (χ1) is 9.88. The minimum absolute atomic E-state index is 0.144. The molecule has 1 atom stereocenters. The lowest BCUT2D eigenvalue weighted by Gasteiger charge is -2.20. The maximum Gasteiger partial charge on any atom is 0.240 e. The summed E-state index contributed by atoms with van der Waals surface area (Å²) in [5.41, 5.74) is 0.802. The van der Waals surface area contributed by atoms with E-state index in [1.54, 1.807) is 12.1 Å². The number of benzene rings is 1. The highest BCUT2D eigenvalue weighted by atomic mass is 32.2. The van der Waals surface area contributed by atoms with E-state index in [9.17, 15) is 8.42 Å². The van der Waals surface area contributed by atoms with E-state index in [1.807, 2.05) is 38.1 Å². The predicted molar refractivity (Wildman–Crippen MR) is 86.8 cm³/mol. The number of rotatable bonds is 9. The van der Waals surface area contributed by atoms with Gasteiger partial charge in [0.25, 0.3) is 0 Å². The normalized spacial score (nSPS) is 13.6. The molecule has 0 aliphatic carbocycles. The van der Waals surface area contributed by atoms with Crippen LogP contribution in [0, 0.1) is 0 Å². The van der Waals surface area contributed by atoms with Gasteiger partial charge in [-0.05, 0) is 45.6 Å². The van der Waals surface area contributed by atoms with Crippen molar-refractivity contribution in [3.8, 4) is 0 Å². The maximum absolute atomic E-state index is 12.5. The molecule has 0 fully saturated rings. The molecular weight excluding hydrogens is 286 g/mol. The van der Waals surface area contributed by atoms with Crippen LogP contribution in [-0.4, -0.2) is 46.5 Å². The highest BCUT2D eigenvalue weighted by molar-refractivity contribution is 7.89. The fourth-order valence-electron chi connectivity index (χ4n) is 1.80. The zero-order chi connectivity index (χ0) is 15.9. The molecule has 0 heterocycles. The molecule has 5 nitrogen and oxygen atoms in total. The van der Waals surface area contributed by atoms with E-state index in [4.69, 9.17) is 0 Å². The number of hydrogen-bond donors (Lipinski definition) is 2. The molecule has 21 heavy (non-hydrogen) atoms. The molecule has 0 spiro atoms. The first-order valence-electron chi connectivity index (χ1n) is 7.33. The summed E-state index contributed by atoms with van der Waals surface area (Å²) in [7, 11) is 0.391. The lowest BCUT2D eigenvalue weighted by atomic mass is 10.2. The Morgan fingerprint density at radius 3 is 2.52 bits per heavy atom. The Hall–Kier alpha value is -0.950. The summed E-state index contributed by atoms with van der Waals surface area (Å²) >= 11 is 0. The van der Waals surface area contributed by atoms with Crippen LogP contribution >= 0.6 is 0 Å². The Morgan fingerprint density at radius 2 is 1.90 bits per heavy atom. The zero-order valence-electron chi connectivity index (χ0n) is 13.4. The fraction of sp³-hybridized carbons (Fsp3) is 0.600. The summed E-state index contributed by atoms with van der Waals surface area (Å²) < 4.78 is 27.6. The molecule has 2 N–H and O–H groups in total. The Morgan fingerprint density at radius 1 is 1.24 bits per heavy atom. The molecule has 0 aromatic heterocycles. The number of likely N-dealkylation sites (N-methyl/N-ethyl adjacent to an activating group) is 1. The summed E-state index contributed by atoms with van der Waals surface area (Å²) in [6.07, 6.45) is 1.02. The molecule has 0 bridgehead atoms. The highest BCUT2D eigenvalue weighted by Gasteiger charge is 2.18. The molecule has 0 saturated heterocycles. The van der Waals surface area contributed by atoms with E-state index >= 15 is 0 Å². The van der Waals surface area contributed by atoms with Gasteiger partial charge in [0.2, 0.25) is 10.0 Å². The second-order valence-electron chi connectivity index (χ2n) is 5.45. The Labute approximate surface area is 128 Å².